The van der Waals surface area contributed by atoms with Gasteiger partial charge >= 0.3 is 6.18 Å². The monoisotopic (exact) mass is 295 g/mol. The van der Waals surface area contributed by atoms with Crippen LogP contribution in [0.3, 0.4) is 0 Å². The van der Waals surface area contributed by atoms with Crippen LogP contribution in [-0.4, -0.2) is 4.57 Å². The van der Waals surface area contributed by atoms with Crippen LogP contribution < -0.4 is 5.56 Å². The fraction of sp³-hybridized carbons (Fsp3) is 0.500. The minimum absolute atomic E-state index is 0.278. The molecule has 1 saturated carbocycles. The van der Waals surface area contributed by atoms with Gasteiger partial charge in [-0.3, -0.25) is 4.79 Å². The standard InChI is InChI=1S/C10H9BrF3NO/c11-7-3-8(10(12,13)14)9(16)15(5-7)4-6-1-2-6/h3,5-6H,1-2,4H2. The van der Waals surface area contributed by atoms with Gasteiger partial charge in [-0.15, -0.1) is 0 Å². The Bertz CT molecular complexity index is 462. The highest BCUT2D eigenvalue weighted by Crippen LogP contribution is 2.32. The number of alkyl halides is 3. The maximum atomic E-state index is 12.5. The van der Waals surface area contributed by atoms with Gasteiger partial charge in [-0.2, -0.15) is 13.2 Å². The topological polar surface area (TPSA) is 22.0 Å². The number of hydrogen-bond acceptors (Lipinski definition) is 1. The fourth-order valence-electron chi connectivity index (χ4n) is 1.52. The molecule has 0 bridgehead atoms. The van der Waals surface area contributed by atoms with Gasteiger partial charge in [0.1, 0.15) is 5.56 Å². The van der Waals surface area contributed by atoms with E-state index in [-0.39, 0.29) is 4.47 Å². The molecule has 1 aliphatic rings. The molecule has 16 heavy (non-hydrogen) atoms. The van der Waals surface area contributed by atoms with Gasteiger partial charge in [-0.05, 0) is 40.8 Å². The van der Waals surface area contributed by atoms with Gasteiger partial charge < -0.3 is 4.57 Å². The van der Waals surface area contributed by atoms with Crippen molar-refractivity contribution in [2.75, 3.05) is 0 Å². The van der Waals surface area contributed by atoms with E-state index in [4.69, 9.17) is 0 Å². The molecule has 0 radical (unpaired) electrons. The van der Waals surface area contributed by atoms with Gasteiger partial charge in [-0.1, -0.05) is 0 Å². The van der Waals surface area contributed by atoms with E-state index in [2.05, 4.69) is 15.9 Å². The van der Waals surface area contributed by atoms with Crippen LogP contribution >= 0.6 is 15.9 Å². The molecular weight excluding hydrogens is 287 g/mol. The molecule has 0 unspecified atom stereocenters. The number of halogens is 4. The van der Waals surface area contributed by atoms with Gasteiger partial charge in [-0.25, -0.2) is 0 Å². The molecule has 0 N–H and O–H groups in total. The average molecular weight is 296 g/mol. The molecule has 0 amide bonds. The molecule has 6 heteroatoms. The molecule has 1 aromatic heterocycles. The molecule has 1 aliphatic carbocycles. The van der Waals surface area contributed by atoms with Crippen molar-refractivity contribution in [3.8, 4) is 0 Å². The lowest BCUT2D eigenvalue weighted by molar-refractivity contribution is -0.139. The second kappa shape index (κ2) is 3.91. The molecule has 0 saturated heterocycles. The van der Waals surface area contributed by atoms with Crippen LogP contribution in [0.2, 0.25) is 0 Å². The second-order valence-electron chi connectivity index (χ2n) is 3.97. The highest BCUT2D eigenvalue weighted by Gasteiger charge is 2.35. The zero-order valence-corrected chi connectivity index (χ0v) is 9.81. The van der Waals surface area contributed by atoms with Crippen LogP contribution in [0.25, 0.3) is 0 Å². The Morgan fingerprint density at radius 2 is 2.06 bits per heavy atom. The van der Waals surface area contributed by atoms with Gasteiger partial charge in [0.25, 0.3) is 5.56 Å². The molecule has 1 aromatic rings. The van der Waals surface area contributed by atoms with Crippen molar-refractivity contribution in [1.29, 1.82) is 0 Å². The summed E-state index contributed by atoms with van der Waals surface area (Å²) in [7, 11) is 0. The molecule has 0 atom stereocenters. The fourth-order valence-corrected chi connectivity index (χ4v) is 1.99. The second-order valence-corrected chi connectivity index (χ2v) is 4.89. The maximum Gasteiger partial charge on any atom is 0.421 e. The normalized spacial score (nSPS) is 16.5. The molecule has 1 fully saturated rings. The van der Waals surface area contributed by atoms with Crippen molar-refractivity contribution in [3.05, 3.63) is 32.7 Å². The highest BCUT2D eigenvalue weighted by molar-refractivity contribution is 9.10. The Morgan fingerprint density at radius 1 is 1.44 bits per heavy atom. The first-order valence-electron chi connectivity index (χ1n) is 4.85. The summed E-state index contributed by atoms with van der Waals surface area (Å²) >= 11 is 2.99. The van der Waals surface area contributed by atoms with E-state index >= 15 is 0 Å². The summed E-state index contributed by atoms with van der Waals surface area (Å²) < 4.78 is 39.0. The van der Waals surface area contributed by atoms with E-state index in [1.165, 1.54) is 6.20 Å². The van der Waals surface area contributed by atoms with Crippen LogP contribution in [0.1, 0.15) is 18.4 Å². The molecule has 2 nitrogen and oxygen atoms in total. The Morgan fingerprint density at radius 3 is 2.56 bits per heavy atom. The van der Waals surface area contributed by atoms with Crippen molar-refractivity contribution < 1.29 is 13.2 Å². The molecule has 0 aliphatic heterocycles. The SMILES string of the molecule is O=c1c(C(F)(F)F)cc(Br)cn1CC1CC1. The third-order valence-electron chi connectivity index (χ3n) is 2.51. The molecule has 2 rings (SSSR count). The van der Waals surface area contributed by atoms with E-state index in [1.54, 1.807) is 0 Å². The summed E-state index contributed by atoms with van der Waals surface area (Å²) in [5.74, 6) is 0.355. The van der Waals surface area contributed by atoms with E-state index in [0.717, 1.165) is 23.5 Å². The summed E-state index contributed by atoms with van der Waals surface area (Å²) in [6.07, 6.45) is -1.21. The van der Waals surface area contributed by atoms with E-state index < -0.39 is 17.3 Å². The van der Waals surface area contributed by atoms with E-state index in [0.29, 0.717) is 12.5 Å². The summed E-state index contributed by atoms with van der Waals surface area (Å²) in [5.41, 5.74) is -2.06. The Kier molecular flexibility index (Phi) is 2.86. The van der Waals surface area contributed by atoms with Crippen molar-refractivity contribution in [2.45, 2.75) is 25.6 Å². The summed E-state index contributed by atoms with van der Waals surface area (Å²) in [6, 6.07) is 0.825. The van der Waals surface area contributed by atoms with Crippen LogP contribution in [0.5, 0.6) is 0 Å². The van der Waals surface area contributed by atoms with Crippen LogP contribution in [0.15, 0.2) is 21.5 Å². The Hall–Kier alpha value is -0.780. The predicted molar refractivity (Wildman–Crippen MR) is 56.1 cm³/mol. The largest absolute Gasteiger partial charge is 0.421 e. The smallest absolute Gasteiger partial charge is 0.314 e. The van der Waals surface area contributed by atoms with Crippen molar-refractivity contribution >= 4 is 15.9 Å². The van der Waals surface area contributed by atoms with E-state index in [9.17, 15) is 18.0 Å². The number of nitrogens with zero attached hydrogens (tertiary/aromatic N) is 1. The lowest BCUT2D eigenvalue weighted by atomic mass is 10.2. The molecule has 88 valence electrons. The van der Waals surface area contributed by atoms with Gasteiger partial charge in [0, 0.05) is 17.2 Å². The predicted octanol–water partition coefficient (Wildman–Crippen LogP) is 3.04. The summed E-state index contributed by atoms with van der Waals surface area (Å²) in [5, 5.41) is 0. The van der Waals surface area contributed by atoms with Crippen LogP contribution in [0.4, 0.5) is 13.2 Å². The zero-order valence-electron chi connectivity index (χ0n) is 8.22. The number of hydrogen-bond donors (Lipinski definition) is 0. The van der Waals surface area contributed by atoms with Gasteiger partial charge in [0.05, 0.1) is 0 Å². The molecule has 0 aromatic carbocycles. The van der Waals surface area contributed by atoms with Crippen molar-refractivity contribution in [2.24, 2.45) is 5.92 Å². The van der Waals surface area contributed by atoms with Gasteiger partial charge in [0.15, 0.2) is 0 Å². The number of rotatable bonds is 2. The van der Waals surface area contributed by atoms with Crippen molar-refractivity contribution in [3.63, 3.8) is 0 Å². The van der Waals surface area contributed by atoms with E-state index in [1.807, 2.05) is 0 Å². The number of aromatic nitrogens is 1. The minimum atomic E-state index is -4.59. The zero-order chi connectivity index (χ0) is 11.9. The maximum absolute atomic E-state index is 12.5. The minimum Gasteiger partial charge on any atom is -0.314 e. The van der Waals surface area contributed by atoms with Gasteiger partial charge in [0.2, 0.25) is 0 Å². The first-order valence-corrected chi connectivity index (χ1v) is 5.64. The first-order chi connectivity index (χ1) is 7.38. The highest BCUT2D eigenvalue weighted by atomic mass is 79.9. The van der Waals surface area contributed by atoms with Crippen molar-refractivity contribution in [1.82, 2.24) is 4.57 Å². The first kappa shape index (κ1) is 11.7. The number of pyridine rings is 1. The average Bonchev–Trinajstić information content (AvgIpc) is 2.92. The third kappa shape index (κ3) is 2.48. The Balaban J connectivity index is 2.45. The lowest BCUT2D eigenvalue weighted by Crippen LogP contribution is -2.28. The Labute approximate surface area is 98.2 Å². The molecule has 0 spiro atoms. The molecule has 1 heterocycles. The summed E-state index contributed by atoms with van der Waals surface area (Å²) in [4.78, 5) is 11.6. The van der Waals surface area contributed by atoms with Crippen LogP contribution in [-0.2, 0) is 12.7 Å². The van der Waals surface area contributed by atoms with Crippen LogP contribution in [0, 0.1) is 5.92 Å². The third-order valence-corrected chi connectivity index (χ3v) is 2.94. The summed E-state index contributed by atoms with van der Waals surface area (Å²) in [6.45, 7) is 0.376. The quantitative estimate of drug-likeness (QED) is 0.822. The molecular formula is C10H9BrF3NO. The lowest BCUT2D eigenvalue weighted by Gasteiger charge is -2.11.